The molecule has 1 N–H and O–H groups in total. The molecule has 0 saturated carbocycles. The molecule has 0 fully saturated rings. The van der Waals surface area contributed by atoms with Crippen LogP contribution in [0, 0.1) is 17.0 Å². The Morgan fingerprint density at radius 2 is 1.85 bits per heavy atom. The molecule has 1 atom stereocenters. The van der Waals surface area contributed by atoms with Crippen LogP contribution in [0.15, 0.2) is 60.0 Å². The van der Waals surface area contributed by atoms with Gasteiger partial charge in [0.25, 0.3) is 5.69 Å². The molecule has 0 aliphatic carbocycles. The predicted octanol–water partition coefficient (Wildman–Crippen LogP) is 5.94. The summed E-state index contributed by atoms with van der Waals surface area (Å²) in [5, 5.41) is 15.4. The van der Waals surface area contributed by atoms with Crippen molar-refractivity contribution in [2.45, 2.75) is 20.0 Å². The molecule has 0 aliphatic heterocycles. The first kappa shape index (κ1) is 18.6. The largest absolute Gasteiger partial charge is 0.441 e. The number of hydrogen-bond donors (Lipinski definition) is 1. The van der Waals surface area contributed by atoms with Crippen LogP contribution >= 0.6 is 11.3 Å². The topological polar surface area (TPSA) is 81.5 Å². The number of aryl methyl sites for hydroxylation is 1. The van der Waals surface area contributed by atoms with E-state index in [9.17, 15) is 14.9 Å². The molecule has 1 aromatic heterocycles. The van der Waals surface area contributed by atoms with Gasteiger partial charge in [0.05, 0.1) is 15.5 Å². The van der Waals surface area contributed by atoms with E-state index in [0.29, 0.717) is 5.69 Å². The van der Waals surface area contributed by atoms with Crippen LogP contribution in [0.1, 0.15) is 24.2 Å². The van der Waals surface area contributed by atoms with Crippen LogP contribution in [-0.2, 0) is 4.74 Å². The van der Waals surface area contributed by atoms with Crippen molar-refractivity contribution in [1.29, 1.82) is 0 Å². The Kier molecular flexibility index (Phi) is 5.52. The van der Waals surface area contributed by atoms with Gasteiger partial charge >= 0.3 is 6.09 Å². The number of nitrogens with one attached hydrogen (secondary N) is 1. The average Bonchev–Trinajstić information content (AvgIpc) is 3.10. The molecular formula is C20H18N2O4S. The van der Waals surface area contributed by atoms with Crippen molar-refractivity contribution in [1.82, 2.24) is 0 Å². The van der Waals surface area contributed by atoms with E-state index < -0.39 is 11.0 Å². The maximum Gasteiger partial charge on any atom is 0.412 e. The van der Waals surface area contributed by atoms with Crippen molar-refractivity contribution >= 4 is 28.8 Å². The van der Waals surface area contributed by atoms with Crippen molar-refractivity contribution < 1.29 is 14.5 Å². The molecule has 27 heavy (non-hydrogen) atoms. The van der Waals surface area contributed by atoms with E-state index >= 15 is 0 Å². The van der Waals surface area contributed by atoms with E-state index in [-0.39, 0.29) is 11.8 Å². The molecule has 0 spiro atoms. The molecule has 0 bridgehead atoms. The van der Waals surface area contributed by atoms with E-state index in [0.717, 1.165) is 21.6 Å². The Morgan fingerprint density at radius 3 is 2.52 bits per heavy atom. The zero-order valence-corrected chi connectivity index (χ0v) is 15.7. The first-order valence-electron chi connectivity index (χ1n) is 8.31. The number of anilines is 1. The summed E-state index contributed by atoms with van der Waals surface area (Å²) in [7, 11) is 0. The summed E-state index contributed by atoms with van der Waals surface area (Å²) in [5.74, 6) is 0. The van der Waals surface area contributed by atoms with E-state index in [4.69, 9.17) is 4.74 Å². The SMILES string of the molecule is Cc1ccccc1[C@@H](C)OC(=O)Nc1ccsc1-c1ccc([N+](=O)[O-])cc1. The summed E-state index contributed by atoms with van der Waals surface area (Å²) in [6, 6.07) is 15.7. The Bertz CT molecular complexity index is 966. The average molecular weight is 382 g/mol. The molecular weight excluding hydrogens is 364 g/mol. The zero-order valence-electron chi connectivity index (χ0n) is 14.8. The number of thiophene rings is 1. The summed E-state index contributed by atoms with van der Waals surface area (Å²) in [5.41, 5.74) is 3.43. The lowest BCUT2D eigenvalue weighted by Gasteiger charge is -2.16. The number of nitrogens with zero attached hydrogens (tertiary/aromatic N) is 1. The molecule has 7 heteroatoms. The first-order valence-corrected chi connectivity index (χ1v) is 9.19. The zero-order chi connectivity index (χ0) is 19.4. The minimum atomic E-state index is -0.549. The highest BCUT2D eigenvalue weighted by Gasteiger charge is 2.16. The lowest BCUT2D eigenvalue weighted by molar-refractivity contribution is -0.384. The second-order valence-electron chi connectivity index (χ2n) is 6.00. The second-order valence-corrected chi connectivity index (χ2v) is 6.91. The van der Waals surface area contributed by atoms with E-state index in [1.807, 2.05) is 43.5 Å². The molecule has 2 aromatic carbocycles. The third-order valence-electron chi connectivity index (χ3n) is 4.15. The number of ether oxygens (including phenoxy) is 1. The molecule has 0 aliphatic rings. The fraction of sp³-hybridized carbons (Fsp3) is 0.150. The van der Waals surface area contributed by atoms with Gasteiger partial charge in [-0.3, -0.25) is 15.4 Å². The van der Waals surface area contributed by atoms with Crippen LogP contribution in [0.2, 0.25) is 0 Å². The van der Waals surface area contributed by atoms with E-state index in [1.54, 1.807) is 18.2 Å². The number of hydrogen-bond acceptors (Lipinski definition) is 5. The fourth-order valence-corrected chi connectivity index (χ4v) is 3.63. The Morgan fingerprint density at radius 1 is 1.15 bits per heavy atom. The lowest BCUT2D eigenvalue weighted by atomic mass is 10.1. The van der Waals surface area contributed by atoms with Crippen molar-refractivity contribution in [3.05, 3.63) is 81.2 Å². The number of amides is 1. The van der Waals surface area contributed by atoms with Gasteiger partial charge < -0.3 is 4.74 Å². The summed E-state index contributed by atoms with van der Waals surface area (Å²) >= 11 is 1.44. The number of benzene rings is 2. The molecule has 0 unspecified atom stereocenters. The normalized spacial score (nSPS) is 11.6. The molecule has 0 radical (unpaired) electrons. The van der Waals surface area contributed by atoms with Gasteiger partial charge in [0.15, 0.2) is 0 Å². The van der Waals surface area contributed by atoms with Gasteiger partial charge in [-0.15, -0.1) is 11.3 Å². The lowest BCUT2D eigenvalue weighted by Crippen LogP contribution is -2.16. The second kappa shape index (κ2) is 8.01. The minimum Gasteiger partial charge on any atom is -0.441 e. The van der Waals surface area contributed by atoms with Crippen molar-refractivity contribution in [3.8, 4) is 10.4 Å². The van der Waals surface area contributed by atoms with Crippen LogP contribution < -0.4 is 5.32 Å². The number of carbonyl (C=O) groups is 1. The highest BCUT2D eigenvalue weighted by Crippen LogP contribution is 2.35. The molecule has 6 nitrogen and oxygen atoms in total. The van der Waals surface area contributed by atoms with Crippen LogP contribution in [-0.4, -0.2) is 11.0 Å². The summed E-state index contributed by atoms with van der Waals surface area (Å²) in [4.78, 5) is 23.5. The number of nitro benzene ring substituents is 1. The summed E-state index contributed by atoms with van der Waals surface area (Å²) < 4.78 is 5.50. The summed E-state index contributed by atoms with van der Waals surface area (Å²) in [6.07, 6.45) is -0.931. The van der Waals surface area contributed by atoms with Crippen LogP contribution in [0.25, 0.3) is 10.4 Å². The molecule has 138 valence electrons. The number of rotatable bonds is 5. The van der Waals surface area contributed by atoms with Crippen LogP contribution in [0.4, 0.5) is 16.2 Å². The standard InChI is InChI=1S/C20H18N2O4S/c1-13-5-3-4-6-17(13)14(2)26-20(23)21-18-11-12-27-19(18)15-7-9-16(10-8-15)22(24)25/h3-12,14H,1-2H3,(H,21,23)/t14-/m1/s1. The van der Waals surface area contributed by atoms with Crippen LogP contribution in [0.3, 0.4) is 0 Å². The smallest absolute Gasteiger partial charge is 0.412 e. The highest BCUT2D eigenvalue weighted by atomic mass is 32.1. The molecule has 0 saturated heterocycles. The number of non-ortho nitro benzene ring substituents is 1. The van der Waals surface area contributed by atoms with Gasteiger partial charge in [-0.2, -0.15) is 0 Å². The van der Waals surface area contributed by atoms with Crippen LogP contribution in [0.5, 0.6) is 0 Å². The molecule has 1 heterocycles. The quantitative estimate of drug-likeness (QED) is 0.437. The van der Waals surface area contributed by atoms with Gasteiger partial charge in [-0.05, 0) is 54.1 Å². The van der Waals surface area contributed by atoms with E-state index in [1.165, 1.54) is 23.5 Å². The Labute approximate surface area is 160 Å². The van der Waals surface area contributed by atoms with Crippen molar-refractivity contribution in [3.63, 3.8) is 0 Å². The monoisotopic (exact) mass is 382 g/mol. The van der Waals surface area contributed by atoms with Crippen molar-refractivity contribution in [2.75, 3.05) is 5.32 Å². The number of nitro groups is 1. The molecule has 1 amide bonds. The molecule has 3 aromatic rings. The predicted molar refractivity (Wildman–Crippen MR) is 106 cm³/mol. The Balaban J connectivity index is 1.71. The first-order chi connectivity index (χ1) is 13.0. The fourth-order valence-electron chi connectivity index (χ4n) is 2.77. The van der Waals surface area contributed by atoms with Crippen molar-refractivity contribution in [2.24, 2.45) is 0 Å². The third-order valence-corrected chi connectivity index (χ3v) is 5.12. The maximum atomic E-state index is 12.3. The van der Waals surface area contributed by atoms with Gasteiger partial charge in [0.2, 0.25) is 0 Å². The maximum absolute atomic E-state index is 12.3. The highest BCUT2D eigenvalue weighted by molar-refractivity contribution is 7.14. The van der Waals surface area contributed by atoms with Gasteiger partial charge in [0.1, 0.15) is 6.10 Å². The van der Waals surface area contributed by atoms with Gasteiger partial charge in [-0.25, -0.2) is 4.79 Å². The van der Waals surface area contributed by atoms with Gasteiger partial charge in [0, 0.05) is 12.1 Å². The Hall–Kier alpha value is -3.19. The summed E-state index contributed by atoms with van der Waals surface area (Å²) in [6.45, 7) is 3.80. The van der Waals surface area contributed by atoms with E-state index in [2.05, 4.69) is 5.32 Å². The van der Waals surface area contributed by atoms with Gasteiger partial charge in [-0.1, -0.05) is 24.3 Å². The molecule has 3 rings (SSSR count). The third kappa shape index (κ3) is 4.32. The minimum absolute atomic E-state index is 0.0243. The number of carbonyl (C=O) groups excluding carboxylic acids is 1.